The van der Waals surface area contributed by atoms with Crippen LogP contribution in [0.1, 0.15) is 22.3 Å². The summed E-state index contributed by atoms with van der Waals surface area (Å²) in [5.74, 6) is 0.644. The summed E-state index contributed by atoms with van der Waals surface area (Å²) in [5, 5.41) is 3.73. The Bertz CT molecular complexity index is 1410. The van der Waals surface area contributed by atoms with Gasteiger partial charge in [-0.05, 0) is 73.9 Å². The molecule has 1 N–H and O–H groups in total. The molecule has 0 aliphatic heterocycles. The molecule has 0 fully saturated rings. The predicted octanol–water partition coefficient (Wildman–Crippen LogP) is 7.39. The molecule has 4 aromatic rings. The average molecular weight is 481 g/mol. The molecule has 0 unspecified atom stereocenters. The molecule has 0 bridgehead atoms. The third-order valence-electron chi connectivity index (χ3n) is 5.22. The lowest BCUT2D eigenvalue weighted by Crippen LogP contribution is -2.09. The highest BCUT2D eigenvalue weighted by Crippen LogP contribution is 2.33. The summed E-state index contributed by atoms with van der Waals surface area (Å²) in [7, 11) is 1.51. The van der Waals surface area contributed by atoms with E-state index in [0.29, 0.717) is 32.9 Å². The van der Waals surface area contributed by atoms with Gasteiger partial charge in [-0.2, -0.15) is 0 Å². The summed E-state index contributed by atoms with van der Waals surface area (Å²) in [6.45, 7) is 5.95. The number of benzene rings is 3. The normalized spacial score (nSPS) is 11.3. The molecule has 4 rings (SSSR count). The first kappa shape index (κ1) is 22.9. The standard InChI is InChI=1S/C26H22Cl2N2O3/c1-14-9-16(3)24-22(10-14)30-26(33-24)18-6-5-15(2)21(12-18)29-23(31)8-7-17-11-19(27)13-20(28)25(17)32-4/h5-13H,1-4H3,(H,29,31)/b8-7+. The van der Waals surface area contributed by atoms with E-state index in [1.165, 1.54) is 13.2 Å². The van der Waals surface area contributed by atoms with Gasteiger partial charge in [0.05, 0.1) is 12.1 Å². The van der Waals surface area contributed by atoms with Crippen LogP contribution in [0, 0.1) is 20.8 Å². The number of halogens is 2. The molecule has 0 radical (unpaired) electrons. The number of hydrogen-bond donors (Lipinski definition) is 1. The highest BCUT2D eigenvalue weighted by molar-refractivity contribution is 6.36. The van der Waals surface area contributed by atoms with Crippen LogP contribution >= 0.6 is 23.2 Å². The van der Waals surface area contributed by atoms with Gasteiger partial charge in [0.25, 0.3) is 0 Å². The SMILES string of the molecule is COc1c(Cl)cc(Cl)cc1/C=C/C(=O)Nc1cc(-c2nc3cc(C)cc(C)c3o2)ccc1C. The number of fused-ring (bicyclic) bond motifs is 1. The number of aryl methyl sites for hydroxylation is 3. The van der Waals surface area contributed by atoms with E-state index in [1.54, 1.807) is 18.2 Å². The van der Waals surface area contributed by atoms with E-state index in [1.807, 2.05) is 45.0 Å². The molecule has 0 aliphatic carbocycles. The van der Waals surface area contributed by atoms with Crippen molar-refractivity contribution < 1.29 is 13.9 Å². The fraction of sp³-hybridized carbons (Fsp3) is 0.154. The Balaban J connectivity index is 1.60. The zero-order valence-corrected chi connectivity index (χ0v) is 20.1. The van der Waals surface area contributed by atoms with Gasteiger partial charge in [0.1, 0.15) is 11.3 Å². The Morgan fingerprint density at radius 2 is 1.85 bits per heavy atom. The van der Waals surface area contributed by atoms with Crippen LogP contribution in [0.3, 0.4) is 0 Å². The van der Waals surface area contributed by atoms with Crippen molar-refractivity contribution in [3.05, 3.63) is 80.8 Å². The maximum Gasteiger partial charge on any atom is 0.248 e. The largest absolute Gasteiger partial charge is 0.495 e. The number of nitrogens with zero attached hydrogens (tertiary/aromatic N) is 1. The van der Waals surface area contributed by atoms with Crippen LogP contribution < -0.4 is 10.1 Å². The molecule has 0 saturated heterocycles. The topological polar surface area (TPSA) is 64.4 Å². The summed E-state index contributed by atoms with van der Waals surface area (Å²) < 4.78 is 11.3. The van der Waals surface area contributed by atoms with Crippen LogP contribution in [-0.4, -0.2) is 18.0 Å². The zero-order valence-electron chi connectivity index (χ0n) is 18.6. The summed E-state index contributed by atoms with van der Waals surface area (Å²) in [5.41, 5.74) is 6.68. The van der Waals surface area contributed by atoms with Gasteiger partial charge in [-0.1, -0.05) is 35.3 Å². The molecule has 0 aliphatic rings. The minimum atomic E-state index is -0.308. The smallest absolute Gasteiger partial charge is 0.248 e. The number of aromatic nitrogens is 1. The number of carbonyl (C=O) groups is 1. The quantitative estimate of drug-likeness (QED) is 0.302. The van der Waals surface area contributed by atoms with Crippen molar-refractivity contribution in [3.8, 4) is 17.2 Å². The van der Waals surface area contributed by atoms with Crippen molar-refractivity contribution in [1.82, 2.24) is 4.98 Å². The summed E-state index contributed by atoms with van der Waals surface area (Å²) in [6.07, 6.45) is 3.01. The van der Waals surface area contributed by atoms with Crippen LogP contribution in [-0.2, 0) is 4.79 Å². The molecule has 0 atom stereocenters. The van der Waals surface area contributed by atoms with E-state index < -0.39 is 0 Å². The van der Waals surface area contributed by atoms with Gasteiger partial charge < -0.3 is 14.5 Å². The monoisotopic (exact) mass is 480 g/mol. The van der Waals surface area contributed by atoms with E-state index in [-0.39, 0.29) is 5.91 Å². The van der Waals surface area contributed by atoms with Crippen molar-refractivity contribution in [2.45, 2.75) is 20.8 Å². The molecule has 33 heavy (non-hydrogen) atoms. The molecule has 1 amide bonds. The number of amides is 1. The van der Waals surface area contributed by atoms with Gasteiger partial charge in [-0.25, -0.2) is 4.98 Å². The molecular weight excluding hydrogens is 459 g/mol. The van der Waals surface area contributed by atoms with Crippen molar-refractivity contribution in [3.63, 3.8) is 0 Å². The second kappa shape index (κ2) is 9.30. The fourth-order valence-corrected chi connectivity index (χ4v) is 4.24. The zero-order chi connectivity index (χ0) is 23.7. The number of carbonyl (C=O) groups excluding carboxylic acids is 1. The van der Waals surface area contributed by atoms with Gasteiger partial charge >= 0.3 is 0 Å². The summed E-state index contributed by atoms with van der Waals surface area (Å²) >= 11 is 12.2. The highest BCUT2D eigenvalue weighted by Gasteiger charge is 2.13. The molecule has 0 saturated carbocycles. The van der Waals surface area contributed by atoms with Crippen LogP contribution in [0.2, 0.25) is 10.0 Å². The number of methoxy groups -OCH3 is 1. The number of oxazole rings is 1. The number of hydrogen-bond acceptors (Lipinski definition) is 4. The Kier molecular flexibility index (Phi) is 6.45. The number of anilines is 1. The number of rotatable bonds is 5. The Morgan fingerprint density at radius 3 is 2.61 bits per heavy atom. The van der Waals surface area contributed by atoms with Gasteiger partial charge in [0, 0.05) is 27.9 Å². The van der Waals surface area contributed by atoms with Crippen LogP contribution in [0.25, 0.3) is 28.6 Å². The predicted molar refractivity (Wildman–Crippen MR) is 134 cm³/mol. The van der Waals surface area contributed by atoms with E-state index in [9.17, 15) is 4.79 Å². The number of nitrogens with one attached hydrogen (secondary N) is 1. The first-order chi connectivity index (χ1) is 15.7. The van der Waals surface area contributed by atoms with Gasteiger partial charge in [0.2, 0.25) is 11.8 Å². The molecule has 7 heteroatoms. The first-order valence-corrected chi connectivity index (χ1v) is 11.0. The second-order valence-corrected chi connectivity index (χ2v) is 8.66. The van der Waals surface area contributed by atoms with Gasteiger partial charge in [0.15, 0.2) is 5.58 Å². The molecule has 168 valence electrons. The second-order valence-electron chi connectivity index (χ2n) is 7.81. The van der Waals surface area contributed by atoms with Crippen molar-refractivity contribution in [1.29, 1.82) is 0 Å². The Hall–Kier alpha value is -3.28. The Labute approximate surface area is 202 Å². The van der Waals surface area contributed by atoms with E-state index in [2.05, 4.69) is 16.4 Å². The van der Waals surface area contributed by atoms with E-state index in [0.717, 1.165) is 33.4 Å². The van der Waals surface area contributed by atoms with Crippen LogP contribution in [0.15, 0.2) is 53.0 Å². The molecule has 1 heterocycles. The Morgan fingerprint density at radius 1 is 1.06 bits per heavy atom. The molecule has 0 spiro atoms. The minimum Gasteiger partial charge on any atom is -0.495 e. The number of ether oxygens (including phenoxy) is 1. The summed E-state index contributed by atoms with van der Waals surface area (Å²) in [4.78, 5) is 17.3. The third kappa shape index (κ3) is 4.90. The molecule has 3 aromatic carbocycles. The summed E-state index contributed by atoms with van der Waals surface area (Å²) in [6, 6.07) is 13.0. The van der Waals surface area contributed by atoms with Crippen LogP contribution in [0.5, 0.6) is 5.75 Å². The maximum absolute atomic E-state index is 12.6. The third-order valence-corrected chi connectivity index (χ3v) is 5.72. The van der Waals surface area contributed by atoms with E-state index >= 15 is 0 Å². The van der Waals surface area contributed by atoms with Crippen molar-refractivity contribution in [2.75, 3.05) is 12.4 Å². The van der Waals surface area contributed by atoms with Gasteiger partial charge in [-0.3, -0.25) is 4.79 Å². The van der Waals surface area contributed by atoms with Crippen molar-refractivity contribution >= 4 is 52.0 Å². The highest BCUT2D eigenvalue weighted by atomic mass is 35.5. The average Bonchev–Trinajstić information content (AvgIpc) is 3.18. The first-order valence-electron chi connectivity index (χ1n) is 10.3. The maximum atomic E-state index is 12.6. The van der Waals surface area contributed by atoms with Crippen molar-refractivity contribution in [2.24, 2.45) is 0 Å². The minimum absolute atomic E-state index is 0.308. The van der Waals surface area contributed by atoms with E-state index in [4.69, 9.17) is 32.4 Å². The van der Waals surface area contributed by atoms with Crippen LogP contribution in [0.4, 0.5) is 5.69 Å². The fourth-order valence-electron chi connectivity index (χ4n) is 3.65. The molecular formula is C26H22Cl2N2O3. The molecule has 5 nitrogen and oxygen atoms in total. The van der Waals surface area contributed by atoms with Gasteiger partial charge in [-0.15, -0.1) is 0 Å². The lowest BCUT2D eigenvalue weighted by atomic mass is 10.1. The lowest BCUT2D eigenvalue weighted by molar-refractivity contribution is -0.111. The molecule has 1 aromatic heterocycles. The lowest BCUT2D eigenvalue weighted by Gasteiger charge is -2.09.